The van der Waals surface area contributed by atoms with Gasteiger partial charge in [-0.2, -0.15) is 0 Å². The second-order valence-electron chi connectivity index (χ2n) is 5.56. The molecule has 1 N–H and O–H groups in total. The van der Waals surface area contributed by atoms with Crippen molar-refractivity contribution in [3.8, 4) is 0 Å². The predicted octanol–water partition coefficient (Wildman–Crippen LogP) is 4.31. The number of rotatable bonds is 5. The topological polar surface area (TPSA) is 12.0 Å². The van der Waals surface area contributed by atoms with Gasteiger partial charge in [0.25, 0.3) is 0 Å². The summed E-state index contributed by atoms with van der Waals surface area (Å²) >= 11 is 0. The summed E-state index contributed by atoms with van der Waals surface area (Å²) in [4.78, 5) is 0. The predicted molar refractivity (Wildman–Crippen MR) is 78.7 cm³/mol. The van der Waals surface area contributed by atoms with Crippen LogP contribution in [0.25, 0.3) is 0 Å². The summed E-state index contributed by atoms with van der Waals surface area (Å²) in [5.74, 6) is 0.896. The molecule has 0 saturated heterocycles. The molecule has 0 spiro atoms. The van der Waals surface area contributed by atoms with Gasteiger partial charge >= 0.3 is 0 Å². The number of hydrogen-bond donors (Lipinski definition) is 1. The maximum Gasteiger partial charge on any atom is 0.0210 e. The van der Waals surface area contributed by atoms with E-state index in [0.717, 1.165) is 24.9 Å². The van der Waals surface area contributed by atoms with Crippen molar-refractivity contribution in [3.63, 3.8) is 0 Å². The average molecular weight is 245 g/mol. The summed E-state index contributed by atoms with van der Waals surface area (Å²) in [6, 6.07) is 9.59. The molecule has 0 aromatic heterocycles. The molecule has 18 heavy (non-hydrogen) atoms. The number of benzene rings is 1. The second-order valence-corrected chi connectivity index (χ2v) is 5.56. The van der Waals surface area contributed by atoms with Gasteiger partial charge in [0, 0.05) is 12.6 Å². The molecule has 1 aromatic carbocycles. The first kappa shape index (κ1) is 13.6. The van der Waals surface area contributed by atoms with E-state index < -0.39 is 0 Å². The van der Waals surface area contributed by atoms with Crippen LogP contribution in [0.3, 0.4) is 0 Å². The molecule has 1 aliphatic rings. The van der Waals surface area contributed by atoms with Crippen LogP contribution in [-0.4, -0.2) is 6.04 Å². The van der Waals surface area contributed by atoms with Crippen molar-refractivity contribution in [3.05, 3.63) is 35.4 Å². The molecule has 2 atom stereocenters. The van der Waals surface area contributed by atoms with Gasteiger partial charge in [-0.1, -0.05) is 57.4 Å². The van der Waals surface area contributed by atoms with Gasteiger partial charge in [0.15, 0.2) is 0 Å². The third kappa shape index (κ3) is 3.35. The minimum absolute atomic E-state index is 0.744. The van der Waals surface area contributed by atoms with Gasteiger partial charge in [0.05, 0.1) is 0 Å². The average Bonchev–Trinajstić information content (AvgIpc) is 2.45. The van der Waals surface area contributed by atoms with Gasteiger partial charge in [-0.3, -0.25) is 0 Å². The molecular formula is C17H27N. The Morgan fingerprint density at radius 2 is 1.78 bits per heavy atom. The minimum Gasteiger partial charge on any atom is -0.310 e. The van der Waals surface area contributed by atoms with Crippen LogP contribution in [0.15, 0.2) is 24.3 Å². The Morgan fingerprint density at radius 1 is 1.06 bits per heavy atom. The lowest BCUT2D eigenvalue weighted by molar-refractivity contribution is 0.254. The zero-order valence-electron chi connectivity index (χ0n) is 11.9. The van der Waals surface area contributed by atoms with Crippen molar-refractivity contribution in [2.45, 2.75) is 65.0 Å². The summed E-state index contributed by atoms with van der Waals surface area (Å²) in [7, 11) is 0. The van der Waals surface area contributed by atoms with Crippen molar-refractivity contribution < 1.29 is 0 Å². The molecule has 100 valence electrons. The molecule has 2 unspecified atom stereocenters. The van der Waals surface area contributed by atoms with E-state index >= 15 is 0 Å². The van der Waals surface area contributed by atoms with Gasteiger partial charge in [0.1, 0.15) is 0 Å². The molecule has 0 radical (unpaired) electrons. The first-order chi connectivity index (χ1) is 8.85. The van der Waals surface area contributed by atoms with Crippen molar-refractivity contribution >= 4 is 0 Å². The number of aryl methyl sites for hydroxylation is 1. The zero-order valence-corrected chi connectivity index (χ0v) is 11.9. The molecule has 1 nitrogen and oxygen atoms in total. The highest BCUT2D eigenvalue weighted by Gasteiger charge is 2.22. The van der Waals surface area contributed by atoms with E-state index in [1.165, 1.54) is 43.2 Å². The van der Waals surface area contributed by atoms with Crippen LogP contribution in [0, 0.1) is 5.92 Å². The molecule has 1 saturated carbocycles. The lowest BCUT2D eigenvalue weighted by Gasteiger charge is -2.32. The van der Waals surface area contributed by atoms with Crippen LogP contribution in [0.4, 0.5) is 0 Å². The van der Waals surface area contributed by atoms with Crippen LogP contribution in [0.2, 0.25) is 0 Å². The van der Waals surface area contributed by atoms with Crippen LogP contribution < -0.4 is 5.32 Å². The smallest absolute Gasteiger partial charge is 0.0210 e. The quantitative estimate of drug-likeness (QED) is 0.815. The summed E-state index contributed by atoms with van der Waals surface area (Å²) in [5, 5.41) is 3.81. The molecule has 0 amide bonds. The Morgan fingerprint density at radius 3 is 2.50 bits per heavy atom. The highest BCUT2D eigenvalue weighted by molar-refractivity contribution is 5.26. The van der Waals surface area contributed by atoms with Gasteiger partial charge < -0.3 is 5.32 Å². The van der Waals surface area contributed by atoms with E-state index in [9.17, 15) is 0 Å². The first-order valence-electron chi connectivity index (χ1n) is 7.65. The lowest BCUT2D eigenvalue weighted by atomic mass is 9.83. The van der Waals surface area contributed by atoms with E-state index in [2.05, 4.69) is 43.4 Å². The Hall–Kier alpha value is -0.820. The molecule has 0 aliphatic heterocycles. The molecule has 1 aromatic rings. The largest absolute Gasteiger partial charge is 0.310 e. The van der Waals surface area contributed by atoms with Crippen LogP contribution in [0.5, 0.6) is 0 Å². The highest BCUT2D eigenvalue weighted by Crippen LogP contribution is 2.27. The SMILES string of the molecule is CCc1ccccc1CNC1CCCCC1CC. The van der Waals surface area contributed by atoms with Crippen LogP contribution in [0.1, 0.15) is 57.1 Å². The van der Waals surface area contributed by atoms with Crippen LogP contribution in [-0.2, 0) is 13.0 Å². The minimum atomic E-state index is 0.744. The summed E-state index contributed by atoms with van der Waals surface area (Å²) in [6.45, 7) is 5.63. The fourth-order valence-electron chi connectivity index (χ4n) is 3.28. The lowest BCUT2D eigenvalue weighted by Crippen LogP contribution is -2.38. The molecule has 0 heterocycles. The van der Waals surface area contributed by atoms with E-state index in [0.29, 0.717) is 0 Å². The zero-order chi connectivity index (χ0) is 12.8. The van der Waals surface area contributed by atoms with Crippen molar-refractivity contribution in [2.75, 3.05) is 0 Å². The van der Waals surface area contributed by atoms with Gasteiger partial charge in [0.2, 0.25) is 0 Å². The molecule has 1 aliphatic carbocycles. The van der Waals surface area contributed by atoms with Crippen molar-refractivity contribution in [2.24, 2.45) is 5.92 Å². The van der Waals surface area contributed by atoms with Gasteiger partial charge in [-0.05, 0) is 36.3 Å². The molecular weight excluding hydrogens is 218 g/mol. The van der Waals surface area contributed by atoms with Crippen LogP contribution >= 0.6 is 0 Å². The third-order valence-corrected chi connectivity index (χ3v) is 4.49. The molecule has 1 fully saturated rings. The molecule has 2 rings (SSSR count). The maximum absolute atomic E-state index is 3.81. The van der Waals surface area contributed by atoms with Crippen molar-refractivity contribution in [1.82, 2.24) is 5.32 Å². The summed E-state index contributed by atoms with van der Waals surface area (Å²) < 4.78 is 0. The Balaban J connectivity index is 1.93. The standard InChI is InChI=1S/C17H27N/c1-3-14-9-5-6-11-16(14)13-18-17-12-8-7-10-15(17)4-2/h5-6,9,11,15,17-18H,3-4,7-8,10,12-13H2,1-2H3. The highest BCUT2D eigenvalue weighted by atomic mass is 14.9. The molecule has 0 bridgehead atoms. The third-order valence-electron chi connectivity index (χ3n) is 4.49. The fourth-order valence-corrected chi connectivity index (χ4v) is 3.28. The van der Waals surface area contributed by atoms with Gasteiger partial charge in [-0.25, -0.2) is 0 Å². The number of hydrogen-bond acceptors (Lipinski definition) is 1. The van der Waals surface area contributed by atoms with E-state index in [1.807, 2.05) is 0 Å². The summed E-state index contributed by atoms with van der Waals surface area (Å²) in [5.41, 5.74) is 2.98. The van der Waals surface area contributed by atoms with E-state index in [4.69, 9.17) is 0 Å². The Bertz CT molecular complexity index is 358. The van der Waals surface area contributed by atoms with E-state index in [1.54, 1.807) is 0 Å². The Labute approximate surface area is 112 Å². The molecule has 1 heteroatoms. The summed E-state index contributed by atoms with van der Waals surface area (Å²) in [6.07, 6.45) is 8.09. The normalized spacial score (nSPS) is 24.1. The fraction of sp³-hybridized carbons (Fsp3) is 0.647. The van der Waals surface area contributed by atoms with E-state index in [-0.39, 0.29) is 0 Å². The number of nitrogens with one attached hydrogen (secondary N) is 1. The maximum atomic E-state index is 3.81. The second kappa shape index (κ2) is 6.94. The van der Waals surface area contributed by atoms with Crippen molar-refractivity contribution in [1.29, 1.82) is 0 Å². The van der Waals surface area contributed by atoms with Gasteiger partial charge in [-0.15, -0.1) is 0 Å². The monoisotopic (exact) mass is 245 g/mol. The first-order valence-corrected chi connectivity index (χ1v) is 7.65. The Kier molecular flexibility index (Phi) is 5.25.